The molecule has 8 heteroatoms. The van der Waals surface area contributed by atoms with Gasteiger partial charge in [0, 0.05) is 0 Å². The number of carbonyl (C=O) groups excluding carboxylic acids is 2. The average molecular weight is 320 g/mol. The Hall–Kier alpha value is -3.42. The van der Waals surface area contributed by atoms with Gasteiger partial charge in [0.15, 0.2) is 0 Å². The van der Waals surface area contributed by atoms with E-state index in [-0.39, 0.29) is 0 Å². The molecule has 0 aliphatic heterocycles. The lowest BCUT2D eigenvalue weighted by Crippen LogP contribution is -2.31. The molecule has 0 atom stereocenters. The molecule has 118 valence electrons. The van der Waals surface area contributed by atoms with Crippen LogP contribution in [0.5, 0.6) is 0 Å². The molecule has 0 N–H and O–H groups in total. The molecule has 4 rings (SSSR count). The smallest absolute Gasteiger partial charge is 0.261 e. The number of para-hydroxylation sites is 2. The fourth-order valence-electron chi connectivity index (χ4n) is 2.54. The van der Waals surface area contributed by atoms with Crippen molar-refractivity contribution in [2.24, 2.45) is 5.92 Å². The van der Waals surface area contributed by atoms with Crippen molar-refractivity contribution < 1.29 is 9.59 Å². The minimum absolute atomic E-state index is 0.465. The molecule has 0 aliphatic rings. The normalized spacial score (nSPS) is 11.4. The summed E-state index contributed by atoms with van der Waals surface area (Å²) in [6.45, 7) is 1.53. The minimum Gasteiger partial charge on any atom is -0.272 e. The Balaban J connectivity index is 1.71. The molecule has 2 aromatic carbocycles. The molecule has 0 fully saturated rings. The van der Waals surface area contributed by atoms with Crippen LogP contribution in [-0.4, -0.2) is 41.8 Å². The number of carbonyl (C=O) groups is 2. The van der Waals surface area contributed by atoms with Crippen LogP contribution in [0, 0.1) is 5.92 Å². The maximum atomic E-state index is 12.7. The van der Waals surface area contributed by atoms with Gasteiger partial charge in [-0.05, 0) is 31.2 Å². The summed E-state index contributed by atoms with van der Waals surface area (Å²) < 4.78 is 2.30. The highest BCUT2D eigenvalue weighted by atomic mass is 16.2. The van der Waals surface area contributed by atoms with E-state index in [1.807, 2.05) is 12.1 Å². The van der Waals surface area contributed by atoms with Crippen LogP contribution >= 0.6 is 0 Å². The van der Waals surface area contributed by atoms with Gasteiger partial charge in [-0.3, -0.25) is 9.59 Å². The molecule has 2 heterocycles. The molecule has 0 aliphatic carbocycles. The van der Waals surface area contributed by atoms with Gasteiger partial charge in [0.05, 0.1) is 11.0 Å². The predicted molar refractivity (Wildman–Crippen MR) is 85.5 cm³/mol. The maximum Gasteiger partial charge on any atom is 0.261 e. The molecule has 0 saturated carbocycles. The van der Waals surface area contributed by atoms with Crippen LogP contribution in [-0.2, 0) is 0 Å². The molecule has 0 unspecified atom stereocenters. The summed E-state index contributed by atoms with van der Waals surface area (Å²) in [6.07, 6.45) is 0. The van der Waals surface area contributed by atoms with Gasteiger partial charge >= 0.3 is 0 Å². The molecular weight excluding hydrogens is 308 g/mol. The third-order valence-electron chi connectivity index (χ3n) is 3.86. The van der Waals surface area contributed by atoms with Gasteiger partial charge in [0.25, 0.3) is 11.8 Å². The third-order valence-corrected chi connectivity index (χ3v) is 3.86. The topological polar surface area (TPSA) is 95.6 Å². The van der Waals surface area contributed by atoms with E-state index in [9.17, 15) is 9.59 Å². The summed E-state index contributed by atoms with van der Waals surface area (Å²) in [5, 5.41) is 15.6. The van der Waals surface area contributed by atoms with Crippen molar-refractivity contribution in [3.05, 3.63) is 48.5 Å². The summed E-state index contributed by atoms with van der Waals surface area (Å²) in [7, 11) is 0. The highest BCUT2D eigenvalue weighted by Gasteiger charge is 2.28. The first kappa shape index (κ1) is 14.2. The van der Waals surface area contributed by atoms with Crippen molar-refractivity contribution in [2.45, 2.75) is 6.92 Å². The Kier molecular flexibility index (Phi) is 3.16. The van der Waals surface area contributed by atoms with E-state index in [4.69, 9.17) is 0 Å². The number of aromatic nitrogens is 6. The number of nitrogens with zero attached hydrogens (tertiary/aromatic N) is 6. The first-order valence-electron chi connectivity index (χ1n) is 7.36. The monoisotopic (exact) mass is 320 g/mol. The highest BCUT2D eigenvalue weighted by molar-refractivity contribution is 6.05. The van der Waals surface area contributed by atoms with E-state index >= 15 is 0 Å². The number of fused-ring (bicyclic) bond motifs is 2. The first-order chi connectivity index (χ1) is 11.7. The number of hydrogen-bond acceptors (Lipinski definition) is 6. The van der Waals surface area contributed by atoms with Gasteiger partial charge in [-0.15, -0.1) is 10.2 Å². The Labute approximate surface area is 135 Å². The second-order valence-electron chi connectivity index (χ2n) is 5.38. The van der Waals surface area contributed by atoms with Crippen molar-refractivity contribution >= 4 is 33.9 Å². The van der Waals surface area contributed by atoms with E-state index in [2.05, 4.69) is 20.6 Å². The van der Waals surface area contributed by atoms with E-state index in [1.165, 1.54) is 6.92 Å². The maximum absolute atomic E-state index is 12.7. The van der Waals surface area contributed by atoms with Crippen molar-refractivity contribution in [1.29, 1.82) is 0 Å². The van der Waals surface area contributed by atoms with Crippen molar-refractivity contribution in [2.75, 3.05) is 0 Å². The average Bonchev–Trinajstić information content (AvgIpc) is 3.24. The van der Waals surface area contributed by atoms with Crippen LogP contribution < -0.4 is 0 Å². The van der Waals surface area contributed by atoms with Crippen LogP contribution in [0.1, 0.15) is 16.5 Å². The van der Waals surface area contributed by atoms with E-state index in [0.29, 0.717) is 22.1 Å². The highest BCUT2D eigenvalue weighted by Crippen LogP contribution is 2.15. The Morgan fingerprint density at radius 1 is 0.792 bits per heavy atom. The largest absolute Gasteiger partial charge is 0.272 e. The van der Waals surface area contributed by atoms with Gasteiger partial charge < -0.3 is 0 Å². The van der Waals surface area contributed by atoms with Gasteiger partial charge in [-0.1, -0.05) is 34.7 Å². The van der Waals surface area contributed by atoms with Gasteiger partial charge in [-0.25, -0.2) is 0 Å². The molecule has 24 heavy (non-hydrogen) atoms. The second kappa shape index (κ2) is 5.34. The molecular formula is C16H12N6O2. The predicted octanol–water partition coefficient (Wildman–Crippen LogP) is 1.79. The number of hydrogen-bond donors (Lipinski definition) is 0. The van der Waals surface area contributed by atoms with Crippen molar-refractivity contribution in [1.82, 2.24) is 30.0 Å². The van der Waals surface area contributed by atoms with E-state index in [1.54, 1.807) is 36.4 Å². The quantitative estimate of drug-likeness (QED) is 0.523. The van der Waals surface area contributed by atoms with Crippen LogP contribution in [0.3, 0.4) is 0 Å². The van der Waals surface area contributed by atoms with Crippen molar-refractivity contribution in [3.8, 4) is 0 Å². The minimum atomic E-state index is -0.972. The summed E-state index contributed by atoms with van der Waals surface area (Å²) in [6, 6.07) is 14.2. The number of benzene rings is 2. The lowest BCUT2D eigenvalue weighted by molar-refractivity contribution is 0.0706. The summed E-state index contributed by atoms with van der Waals surface area (Å²) in [5.41, 5.74) is 2.31. The van der Waals surface area contributed by atoms with Crippen LogP contribution in [0.2, 0.25) is 0 Å². The summed E-state index contributed by atoms with van der Waals surface area (Å²) in [5.74, 6) is -1.90. The van der Waals surface area contributed by atoms with Gasteiger partial charge in [0.2, 0.25) is 0 Å². The van der Waals surface area contributed by atoms with Crippen LogP contribution in [0.15, 0.2) is 48.5 Å². The molecule has 0 amide bonds. The SMILES string of the molecule is CC(C(=O)n1nnc2ccccc21)C(=O)n1nnc2ccccc21. The lowest BCUT2D eigenvalue weighted by atomic mass is 10.1. The number of rotatable bonds is 2. The second-order valence-corrected chi connectivity index (χ2v) is 5.38. The zero-order valence-electron chi connectivity index (χ0n) is 12.7. The first-order valence-corrected chi connectivity index (χ1v) is 7.36. The molecule has 0 saturated heterocycles. The molecule has 0 bridgehead atoms. The van der Waals surface area contributed by atoms with Crippen LogP contribution in [0.4, 0.5) is 0 Å². The van der Waals surface area contributed by atoms with E-state index in [0.717, 1.165) is 9.36 Å². The van der Waals surface area contributed by atoms with Gasteiger partial charge in [-0.2, -0.15) is 9.36 Å². The summed E-state index contributed by atoms with van der Waals surface area (Å²) in [4.78, 5) is 25.3. The van der Waals surface area contributed by atoms with Crippen molar-refractivity contribution in [3.63, 3.8) is 0 Å². The van der Waals surface area contributed by atoms with Crippen LogP contribution in [0.25, 0.3) is 22.1 Å². The standard InChI is InChI=1S/C16H12N6O2/c1-10(15(23)21-13-8-4-2-6-11(13)17-19-21)16(24)22-14-9-5-3-7-12(14)18-20-22/h2-10H,1H3. The Morgan fingerprint density at radius 3 is 1.67 bits per heavy atom. The molecule has 0 spiro atoms. The zero-order valence-corrected chi connectivity index (χ0v) is 12.7. The fourth-order valence-corrected chi connectivity index (χ4v) is 2.54. The van der Waals surface area contributed by atoms with Gasteiger partial charge in [0.1, 0.15) is 17.0 Å². The lowest BCUT2D eigenvalue weighted by Gasteiger charge is -2.09. The Morgan fingerprint density at radius 2 is 1.21 bits per heavy atom. The third kappa shape index (κ3) is 2.08. The molecule has 4 aromatic rings. The zero-order chi connectivity index (χ0) is 16.7. The Bertz CT molecular complexity index is 994. The molecule has 2 aromatic heterocycles. The van der Waals surface area contributed by atoms with E-state index < -0.39 is 17.7 Å². The summed E-state index contributed by atoms with van der Waals surface area (Å²) >= 11 is 0. The molecule has 8 nitrogen and oxygen atoms in total. The molecule has 0 radical (unpaired) electrons. The fraction of sp³-hybridized carbons (Fsp3) is 0.125.